The molecule has 1 amide bonds. The van der Waals surface area contributed by atoms with Crippen molar-refractivity contribution in [3.05, 3.63) is 29.3 Å². The maximum absolute atomic E-state index is 11.7. The molecule has 1 aromatic rings. The minimum atomic E-state index is 0.243. The highest BCUT2D eigenvalue weighted by Crippen LogP contribution is 2.25. The highest BCUT2D eigenvalue weighted by molar-refractivity contribution is 5.77. The summed E-state index contributed by atoms with van der Waals surface area (Å²) in [6.45, 7) is 3.49. The molecular weight excluding hydrogens is 188 g/mol. The number of nitrogens with two attached hydrogens (primary N) is 1. The summed E-state index contributed by atoms with van der Waals surface area (Å²) >= 11 is 0. The van der Waals surface area contributed by atoms with E-state index in [4.69, 9.17) is 5.73 Å². The van der Waals surface area contributed by atoms with E-state index in [1.54, 1.807) is 0 Å². The summed E-state index contributed by atoms with van der Waals surface area (Å²) in [6, 6.07) is 5.88. The average molecular weight is 204 g/mol. The van der Waals surface area contributed by atoms with Gasteiger partial charge in [0.2, 0.25) is 5.91 Å². The molecular formula is C12H16N2O. The molecule has 1 heterocycles. The summed E-state index contributed by atoms with van der Waals surface area (Å²) in [5.41, 5.74) is 8.91. The van der Waals surface area contributed by atoms with E-state index < -0.39 is 0 Å². The van der Waals surface area contributed by atoms with Crippen molar-refractivity contribution < 1.29 is 4.79 Å². The van der Waals surface area contributed by atoms with Gasteiger partial charge in [0.15, 0.2) is 0 Å². The quantitative estimate of drug-likeness (QED) is 0.748. The van der Waals surface area contributed by atoms with Gasteiger partial charge < -0.3 is 10.6 Å². The minimum absolute atomic E-state index is 0.243. The second-order valence-electron chi connectivity index (χ2n) is 4.03. The molecule has 0 aromatic heterocycles. The van der Waals surface area contributed by atoms with Crippen LogP contribution in [0.5, 0.6) is 0 Å². The van der Waals surface area contributed by atoms with E-state index in [9.17, 15) is 4.79 Å². The van der Waals surface area contributed by atoms with E-state index >= 15 is 0 Å². The number of anilines is 1. The molecule has 1 aliphatic rings. The van der Waals surface area contributed by atoms with Crippen molar-refractivity contribution in [1.82, 2.24) is 4.90 Å². The number of fused-ring (bicyclic) bond motifs is 1. The van der Waals surface area contributed by atoms with Gasteiger partial charge in [0.05, 0.1) is 0 Å². The second kappa shape index (κ2) is 3.93. The molecule has 0 radical (unpaired) electrons. The van der Waals surface area contributed by atoms with E-state index in [2.05, 4.69) is 0 Å². The summed E-state index contributed by atoms with van der Waals surface area (Å²) in [4.78, 5) is 13.6. The summed E-state index contributed by atoms with van der Waals surface area (Å²) in [6.07, 6.45) is 1.55. The molecule has 2 rings (SSSR count). The smallest absolute Gasteiger partial charge is 0.223 e. The topological polar surface area (TPSA) is 46.3 Å². The van der Waals surface area contributed by atoms with Crippen molar-refractivity contribution in [3.8, 4) is 0 Å². The molecule has 0 fully saturated rings. The van der Waals surface area contributed by atoms with Crippen molar-refractivity contribution in [2.75, 3.05) is 5.73 Å². The van der Waals surface area contributed by atoms with Crippen LogP contribution in [0.1, 0.15) is 30.9 Å². The van der Waals surface area contributed by atoms with Crippen molar-refractivity contribution >= 4 is 11.6 Å². The lowest BCUT2D eigenvalue weighted by Crippen LogP contribution is -2.24. The van der Waals surface area contributed by atoms with Gasteiger partial charge in [-0.3, -0.25) is 4.79 Å². The largest absolute Gasteiger partial charge is 0.399 e. The first kappa shape index (κ1) is 10.0. The van der Waals surface area contributed by atoms with Gasteiger partial charge in [-0.15, -0.1) is 0 Å². The van der Waals surface area contributed by atoms with Crippen LogP contribution in [-0.4, -0.2) is 10.8 Å². The molecule has 1 aliphatic heterocycles. The van der Waals surface area contributed by atoms with Crippen LogP contribution in [0.4, 0.5) is 5.69 Å². The first-order valence-electron chi connectivity index (χ1n) is 5.35. The molecule has 15 heavy (non-hydrogen) atoms. The van der Waals surface area contributed by atoms with Crippen LogP contribution in [0.2, 0.25) is 0 Å². The fourth-order valence-corrected chi connectivity index (χ4v) is 1.96. The number of hydrogen-bond donors (Lipinski definition) is 1. The molecule has 0 atom stereocenters. The predicted molar refractivity (Wildman–Crippen MR) is 60.0 cm³/mol. The normalized spacial score (nSPS) is 14.1. The van der Waals surface area contributed by atoms with E-state index in [1.165, 1.54) is 11.1 Å². The van der Waals surface area contributed by atoms with Crippen molar-refractivity contribution in [1.29, 1.82) is 0 Å². The van der Waals surface area contributed by atoms with Crippen LogP contribution < -0.4 is 5.73 Å². The SMILES string of the molecule is CCCC(=O)N1Cc2ccc(N)cc2C1. The van der Waals surface area contributed by atoms with Crippen molar-refractivity contribution in [2.45, 2.75) is 32.9 Å². The van der Waals surface area contributed by atoms with Gasteiger partial charge in [-0.1, -0.05) is 13.0 Å². The predicted octanol–water partition coefficient (Wildman–Crippen LogP) is 1.91. The molecule has 0 unspecified atom stereocenters. The maximum atomic E-state index is 11.7. The molecule has 0 spiro atoms. The number of hydrogen-bond acceptors (Lipinski definition) is 2. The third-order valence-corrected chi connectivity index (χ3v) is 2.77. The Morgan fingerprint density at radius 2 is 2.13 bits per heavy atom. The van der Waals surface area contributed by atoms with Gasteiger partial charge in [0.25, 0.3) is 0 Å². The summed E-state index contributed by atoms with van der Waals surface area (Å²) < 4.78 is 0. The van der Waals surface area contributed by atoms with Gasteiger partial charge in [-0.25, -0.2) is 0 Å². The Kier molecular flexibility index (Phi) is 2.62. The number of carbonyl (C=O) groups excluding carboxylic acids is 1. The van der Waals surface area contributed by atoms with Crippen LogP contribution in [0.3, 0.4) is 0 Å². The fourth-order valence-electron chi connectivity index (χ4n) is 1.96. The Balaban J connectivity index is 2.12. The molecule has 3 nitrogen and oxygen atoms in total. The number of benzene rings is 1. The minimum Gasteiger partial charge on any atom is -0.399 e. The van der Waals surface area contributed by atoms with Gasteiger partial charge in [-0.05, 0) is 29.7 Å². The summed E-state index contributed by atoms with van der Waals surface area (Å²) in [7, 11) is 0. The molecule has 0 saturated heterocycles. The Morgan fingerprint density at radius 3 is 2.87 bits per heavy atom. The van der Waals surface area contributed by atoms with Gasteiger partial charge >= 0.3 is 0 Å². The lowest BCUT2D eigenvalue weighted by atomic mass is 10.1. The third kappa shape index (κ3) is 1.96. The zero-order chi connectivity index (χ0) is 10.8. The van der Waals surface area contributed by atoms with Crippen molar-refractivity contribution in [2.24, 2.45) is 0 Å². The third-order valence-electron chi connectivity index (χ3n) is 2.77. The number of nitrogen functional groups attached to an aromatic ring is 1. The number of carbonyl (C=O) groups is 1. The molecule has 0 bridgehead atoms. The fraction of sp³-hybridized carbons (Fsp3) is 0.417. The lowest BCUT2D eigenvalue weighted by molar-refractivity contribution is -0.131. The highest BCUT2D eigenvalue weighted by atomic mass is 16.2. The molecule has 1 aromatic carbocycles. The Morgan fingerprint density at radius 1 is 1.40 bits per heavy atom. The molecule has 3 heteroatoms. The average Bonchev–Trinajstić information content (AvgIpc) is 2.60. The number of rotatable bonds is 2. The molecule has 2 N–H and O–H groups in total. The summed E-state index contributed by atoms with van der Waals surface area (Å²) in [5.74, 6) is 0.243. The number of nitrogens with zero attached hydrogens (tertiary/aromatic N) is 1. The van der Waals surface area contributed by atoms with Crippen molar-refractivity contribution in [3.63, 3.8) is 0 Å². The van der Waals surface area contributed by atoms with E-state index in [-0.39, 0.29) is 5.91 Å². The lowest BCUT2D eigenvalue weighted by Gasteiger charge is -2.14. The van der Waals surface area contributed by atoms with Gasteiger partial charge in [-0.2, -0.15) is 0 Å². The second-order valence-corrected chi connectivity index (χ2v) is 4.03. The Bertz CT molecular complexity index is 387. The van der Waals surface area contributed by atoms with Crippen LogP contribution in [0, 0.1) is 0 Å². The number of amides is 1. The Hall–Kier alpha value is -1.51. The van der Waals surface area contributed by atoms with Gasteiger partial charge in [0.1, 0.15) is 0 Å². The summed E-state index contributed by atoms with van der Waals surface area (Å²) in [5, 5.41) is 0. The van der Waals surface area contributed by atoms with Crippen LogP contribution in [0.15, 0.2) is 18.2 Å². The first-order chi connectivity index (χ1) is 7.20. The van der Waals surface area contributed by atoms with E-state index in [1.807, 2.05) is 30.0 Å². The van der Waals surface area contributed by atoms with Crippen LogP contribution in [-0.2, 0) is 17.9 Å². The first-order valence-corrected chi connectivity index (χ1v) is 5.35. The monoisotopic (exact) mass is 204 g/mol. The zero-order valence-electron chi connectivity index (χ0n) is 8.99. The highest BCUT2D eigenvalue weighted by Gasteiger charge is 2.22. The van der Waals surface area contributed by atoms with Crippen LogP contribution >= 0.6 is 0 Å². The van der Waals surface area contributed by atoms with E-state index in [0.29, 0.717) is 6.42 Å². The maximum Gasteiger partial charge on any atom is 0.223 e. The van der Waals surface area contributed by atoms with Gasteiger partial charge in [0, 0.05) is 25.2 Å². The zero-order valence-corrected chi connectivity index (χ0v) is 8.99. The molecule has 80 valence electrons. The standard InChI is InChI=1S/C12H16N2O/c1-2-3-12(15)14-7-9-4-5-11(13)6-10(9)8-14/h4-6H,2-3,7-8,13H2,1H3. The van der Waals surface area contributed by atoms with Crippen LogP contribution in [0.25, 0.3) is 0 Å². The van der Waals surface area contributed by atoms with E-state index in [0.717, 1.165) is 25.2 Å². The Labute approximate surface area is 89.9 Å². The molecule has 0 aliphatic carbocycles. The molecule has 0 saturated carbocycles.